The van der Waals surface area contributed by atoms with Crippen molar-refractivity contribution in [2.45, 2.75) is 53.0 Å². The number of carbonyl (C=O) groups excluding carboxylic acids is 1. The van der Waals surface area contributed by atoms with E-state index in [1.807, 2.05) is 13.8 Å². The van der Waals surface area contributed by atoms with E-state index < -0.39 is 0 Å². The van der Waals surface area contributed by atoms with E-state index in [0.29, 0.717) is 17.7 Å². The Morgan fingerprint density at radius 3 is 2.75 bits per heavy atom. The first-order chi connectivity index (χ1) is 7.60. The summed E-state index contributed by atoms with van der Waals surface area (Å²) in [4.78, 5) is 12.0. The Morgan fingerprint density at radius 2 is 2.19 bits per heavy atom. The van der Waals surface area contributed by atoms with Crippen LogP contribution in [-0.2, 0) is 6.42 Å². The number of nitrogens with zero attached hydrogens (tertiary/aromatic N) is 1. The molecule has 0 aliphatic heterocycles. The summed E-state index contributed by atoms with van der Waals surface area (Å²) in [7, 11) is 0. The van der Waals surface area contributed by atoms with Gasteiger partial charge < -0.3 is 9.84 Å². The molecule has 4 heteroatoms. The van der Waals surface area contributed by atoms with E-state index in [1.54, 1.807) is 6.92 Å². The van der Waals surface area contributed by atoms with E-state index in [4.69, 9.17) is 4.52 Å². The Hall–Kier alpha value is -1.32. The van der Waals surface area contributed by atoms with Gasteiger partial charge in [0.05, 0.1) is 5.69 Å². The Morgan fingerprint density at radius 1 is 1.50 bits per heavy atom. The number of carbonyl (C=O) groups is 1. The fraction of sp³-hybridized carbons (Fsp3) is 0.667. The van der Waals surface area contributed by atoms with Gasteiger partial charge in [0.15, 0.2) is 0 Å². The summed E-state index contributed by atoms with van der Waals surface area (Å²) in [5.74, 6) is 0.523. The van der Waals surface area contributed by atoms with Crippen molar-refractivity contribution >= 4 is 5.91 Å². The van der Waals surface area contributed by atoms with Crippen LogP contribution in [0.5, 0.6) is 0 Å². The molecule has 0 unspecified atom stereocenters. The molecule has 90 valence electrons. The summed E-state index contributed by atoms with van der Waals surface area (Å²) in [6.07, 6.45) is 2.75. The van der Waals surface area contributed by atoms with Crippen molar-refractivity contribution in [1.82, 2.24) is 10.5 Å². The Labute approximate surface area is 96.4 Å². The standard InChI is InChI=1S/C12H20N2O2/c1-5-7-8(3)13-12(15)11-9(4)16-14-10(11)6-2/h8H,5-7H2,1-4H3,(H,13,15)/t8-/m1/s1. The molecule has 1 rings (SSSR count). The molecule has 0 spiro atoms. The van der Waals surface area contributed by atoms with Crippen LogP contribution in [0.25, 0.3) is 0 Å². The number of amides is 1. The van der Waals surface area contributed by atoms with Gasteiger partial charge in [-0.05, 0) is 26.7 Å². The summed E-state index contributed by atoms with van der Waals surface area (Å²) in [6, 6.07) is 0.191. The van der Waals surface area contributed by atoms with Crippen LogP contribution >= 0.6 is 0 Å². The number of hydrogen-bond acceptors (Lipinski definition) is 3. The van der Waals surface area contributed by atoms with Gasteiger partial charge >= 0.3 is 0 Å². The molecule has 1 aromatic heterocycles. The normalized spacial score (nSPS) is 12.5. The van der Waals surface area contributed by atoms with Gasteiger partial charge in [-0.3, -0.25) is 4.79 Å². The van der Waals surface area contributed by atoms with Crippen molar-refractivity contribution in [3.05, 3.63) is 17.0 Å². The van der Waals surface area contributed by atoms with Crippen LogP contribution in [0.3, 0.4) is 0 Å². The average molecular weight is 224 g/mol. The topological polar surface area (TPSA) is 55.1 Å². The molecule has 1 aromatic rings. The number of aryl methyl sites for hydroxylation is 2. The van der Waals surface area contributed by atoms with Crippen molar-refractivity contribution in [1.29, 1.82) is 0 Å². The fourth-order valence-corrected chi connectivity index (χ4v) is 1.75. The fourth-order valence-electron chi connectivity index (χ4n) is 1.75. The van der Waals surface area contributed by atoms with Crippen molar-refractivity contribution in [3.63, 3.8) is 0 Å². The molecule has 0 saturated heterocycles. The van der Waals surface area contributed by atoms with Crippen molar-refractivity contribution in [2.75, 3.05) is 0 Å². The van der Waals surface area contributed by atoms with E-state index in [1.165, 1.54) is 0 Å². The second kappa shape index (κ2) is 5.68. The zero-order valence-electron chi connectivity index (χ0n) is 10.5. The largest absolute Gasteiger partial charge is 0.361 e. The molecule has 1 N–H and O–H groups in total. The summed E-state index contributed by atoms with van der Waals surface area (Å²) >= 11 is 0. The first-order valence-corrected chi connectivity index (χ1v) is 5.86. The molecule has 0 aliphatic rings. The van der Waals surface area contributed by atoms with Gasteiger partial charge in [0.1, 0.15) is 11.3 Å². The van der Waals surface area contributed by atoms with Crippen molar-refractivity contribution in [2.24, 2.45) is 0 Å². The second-order valence-corrected chi connectivity index (χ2v) is 4.08. The molecule has 0 bridgehead atoms. The molecule has 4 nitrogen and oxygen atoms in total. The molecule has 0 radical (unpaired) electrons. The lowest BCUT2D eigenvalue weighted by Crippen LogP contribution is -2.33. The third kappa shape index (κ3) is 2.84. The third-order valence-corrected chi connectivity index (χ3v) is 2.59. The minimum absolute atomic E-state index is 0.0726. The summed E-state index contributed by atoms with van der Waals surface area (Å²) in [6.45, 7) is 7.84. The highest BCUT2D eigenvalue weighted by Gasteiger charge is 2.19. The smallest absolute Gasteiger partial charge is 0.257 e. The maximum absolute atomic E-state index is 12.0. The number of hydrogen-bond donors (Lipinski definition) is 1. The lowest BCUT2D eigenvalue weighted by Gasteiger charge is -2.12. The first-order valence-electron chi connectivity index (χ1n) is 5.86. The molecule has 0 aliphatic carbocycles. The Balaban J connectivity index is 2.75. The minimum Gasteiger partial charge on any atom is -0.361 e. The molecule has 1 heterocycles. The van der Waals surface area contributed by atoms with E-state index in [9.17, 15) is 4.79 Å². The zero-order valence-corrected chi connectivity index (χ0v) is 10.5. The highest BCUT2D eigenvalue weighted by atomic mass is 16.5. The monoisotopic (exact) mass is 224 g/mol. The van der Waals surface area contributed by atoms with E-state index in [0.717, 1.165) is 18.5 Å². The molecule has 1 amide bonds. The molecule has 0 fully saturated rings. The first kappa shape index (κ1) is 12.7. The lowest BCUT2D eigenvalue weighted by atomic mass is 10.1. The quantitative estimate of drug-likeness (QED) is 0.835. The number of aromatic nitrogens is 1. The Bertz CT molecular complexity index is 358. The van der Waals surface area contributed by atoms with Gasteiger partial charge in [-0.1, -0.05) is 25.4 Å². The van der Waals surface area contributed by atoms with Crippen molar-refractivity contribution in [3.8, 4) is 0 Å². The predicted octanol–water partition coefficient (Wildman–Crippen LogP) is 2.46. The van der Waals surface area contributed by atoms with E-state index >= 15 is 0 Å². The van der Waals surface area contributed by atoms with Crippen LogP contribution in [0.1, 0.15) is 55.4 Å². The van der Waals surface area contributed by atoms with Gasteiger partial charge in [0.25, 0.3) is 5.91 Å². The number of nitrogens with one attached hydrogen (secondary N) is 1. The predicted molar refractivity (Wildman–Crippen MR) is 62.5 cm³/mol. The van der Waals surface area contributed by atoms with E-state index in [2.05, 4.69) is 17.4 Å². The second-order valence-electron chi connectivity index (χ2n) is 4.08. The summed E-state index contributed by atoms with van der Waals surface area (Å²) < 4.78 is 5.04. The van der Waals surface area contributed by atoms with Crippen LogP contribution in [0, 0.1) is 6.92 Å². The molecule has 0 saturated carbocycles. The van der Waals surface area contributed by atoms with Gasteiger partial charge in [0.2, 0.25) is 0 Å². The molecule has 16 heavy (non-hydrogen) atoms. The number of rotatable bonds is 5. The maximum atomic E-state index is 12.0. The van der Waals surface area contributed by atoms with Crippen LogP contribution in [0.4, 0.5) is 0 Å². The third-order valence-electron chi connectivity index (χ3n) is 2.59. The van der Waals surface area contributed by atoms with Gasteiger partial charge in [-0.15, -0.1) is 0 Å². The summed E-state index contributed by atoms with van der Waals surface area (Å²) in [5, 5.41) is 6.83. The SMILES string of the molecule is CCC[C@@H](C)NC(=O)c1c(CC)noc1C. The zero-order chi connectivity index (χ0) is 12.1. The van der Waals surface area contributed by atoms with Crippen LogP contribution in [0.2, 0.25) is 0 Å². The van der Waals surface area contributed by atoms with Crippen molar-refractivity contribution < 1.29 is 9.32 Å². The maximum Gasteiger partial charge on any atom is 0.257 e. The van der Waals surface area contributed by atoms with Gasteiger partial charge in [-0.25, -0.2) is 0 Å². The highest BCUT2D eigenvalue weighted by molar-refractivity contribution is 5.96. The molecule has 1 atom stereocenters. The van der Waals surface area contributed by atoms with Gasteiger partial charge in [0, 0.05) is 6.04 Å². The van der Waals surface area contributed by atoms with E-state index in [-0.39, 0.29) is 11.9 Å². The Kier molecular flexibility index (Phi) is 4.52. The lowest BCUT2D eigenvalue weighted by molar-refractivity contribution is 0.0936. The van der Waals surface area contributed by atoms with Gasteiger partial charge in [-0.2, -0.15) is 0 Å². The average Bonchev–Trinajstić information content (AvgIpc) is 2.59. The highest BCUT2D eigenvalue weighted by Crippen LogP contribution is 2.14. The van der Waals surface area contributed by atoms with Crippen LogP contribution < -0.4 is 5.32 Å². The summed E-state index contributed by atoms with van der Waals surface area (Å²) in [5.41, 5.74) is 1.34. The molecular weight excluding hydrogens is 204 g/mol. The molecular formula is C12H20N2O2. The van der Waals surface area contributed by atoms with Crippen LogP contribution in [0.15, 0.2) is 4.52 Å². The minimum atomic E-state index is -0.0726. The molecule has 0 aromatic carbocycles. The van der Waals surface area contributed by atoms with Crippen LogP contribution in [-0.4, -0.2) is 17.1 Å².